The van der Waals surface area contributed by atoms with Gasteiger partial charge in [0.05, 0.1) is 6.54 Å². The van der Waals surface area contributed by atoms with Crippen molar-refractivity contribution >= 4 is 11.7 Å². The number of benzene rings is 1. The predicted octanol–water partition coefficient (Wildman–Crippen LogP) is 2.96. The zero-order valence-electron chi connectivity index (χ0n) is 9.68. The Hall–Kier alpha value is -1.55. The summed E-state index contributed by atoms with van der Waals surface area (Å²) in [6, 6.07) is 8.57. The number of hydrogen-bond donors (Lipinski definition) is 2. The number of amides is 2. The number of carbonyl (C=O) groups excluding carboxylic acids is 1. The number of hydrogen-bond acceptors (Lipinski definition) is 2. The van der Waals surface area contributed by atoms with Gasteiger partial charge in [0, 0.05) is 5.69 Å². The summed E-state index contributed by atoms with van der Waals surface area (Å²) in [4.78, 5) is 11.5. The zero-order chi connectivity index (χ0) is 12.0. The van der Waals surface area contributed by atoms with E-state index < -0.39 is 6.03 Å². The van der Waals surface area contributed by atoms with Crippen LogP contribution in [-0.4, -0.2) is 22.8 Å². The van der Waals surface area contributed by atoms with Crippen LogP contribution >= 0.6 is 0 Å². The van der Waals surface area contributed by atoms with E-state index >= 15 is 0 Å². The van der Waals surface area contributed by atoms with Crippen LogP contribution in [0.4, 0.5) is 10.5 Å². The van der Waals surface area contributed by atoms with Gasteiger partial charge < -0.3 is 5.32 Å². The highest BCUT2D eigenvalue weighted by Gasteiger charge is 2.10. The van der Waals surface area contributed by atoms with Gasteiger partial charge in [0.25, 0.3) is 0 Å². The number of anilines is 1. The summed E-state index contributed by atoms with van der Waals surface area (Å²) in [6.45, 7) is 4.43. The van der Waals surface area contributed by atoms with Gasteiger partial charge in [-0.05, 0) is 24.5 Å². The van der Waals surface area contributed by atoms with E-state index in [-0.39, 0.29) is 0 Å². The van der Waals surface area contributed by atoms with Crippen molar-refractivity contribution in [1.82, 2.24) is 5.06 Å². The van der Waals surface area contributed by atoms with E-state index in [9.17, 15) is 10.0 Å². The van der Waals surface area contributed by atoms with Crippen LogP contribution in [0, 0.1) is 5.92 Å². The third-order valence-corrected chi connectivity index (χ3v) is 2.18. The van der Waals surface area contributed by atoms with Gasteiger partial charge in [-0.2, -0.15) is 0 Å². The number of carbonyl (C=O) groups is 1. The second-order valence-electron chi connectivity index (χ2n) is 4.10. The molecule has 1 rings (SSSR count). The highest BCUT2D eigenvalue weighted by Crippen LogP contribution is 2.07. The summed E-state index contributed by atoms with van der Waals surface area (Å²) >= 11 is 0. The van der Waals surface area contributed by atoms with Gasteiger partial charge >= 0.3 is 6.03 Å². The third kappa shape index (κ3) is 4.31. The molecular weight excluding hydrogens is 204 g/mol. The molecule has 0 aliphatic rings. The monoisotopic (exact) mass is 222 g/mol. The van der Waals surface area contributed by atoms with Gasteiger partial charge in [-0.1, -0.05) is 32.0 Å². The standard InChI is InChI=1S/C12H18N2O2/c1-10(2)8-9-14(16)12(15)13-11-6-4-3-5-7-11/h3-7,10,16H,8-9H2,1-2H3,(H,13,15). The molecule has 0 saturated carbocycles. The summed E-state index contributed by atoms with van der Waals surface area (Å²) in [6.07, 6.45) is 0.776. The summed E-state index contributed by atoms with van der Waals surface area (Å²) in [5.74, 6) is 0.458. The topological polar surface area (TPSA) is 52.6 Å². The Morgan fingerprint density at radius 3 is 2.56 bits per heavy atom. The molecule has 1 aromatic rings. The Morgan fingerprint density at radius 2 is 2.00 bits per heavy atom. The van der Waals surface area contributed by atoms with Crippen LogP contribution in [0.2, 0.25) is 0 Å². The number of rotatable bonds is 4. The maximum Gasteiger partial charge on any atom is 0.345 e. The lowest BCUT2D eigenvalue weighted by Crippen LogP contribution is -2.33. The van der Waals surface area contributed by atoms with Crippen LogP contribution in [0.25, 0.3) is 0 Å². The average molecular weight is 222 g/mol. The molecular formula is C12H18N2O2. The van der Waals surface area contributed by atoms with E-state index in [2.05, 4.69) is 5.32 Å². The molecule has 4 heteroatoms. The maximum atomic E-state index is 11.5. The molecule has 0 atom stereocenters. The highest BCUT2D eigenvalue weighted by molar-refractivity contribution is 5.88. The second kappa shape index (κ2) is 6.12. The van der Waals surface area contributed by atoms with Crippen LogP contribution < -0.4 is 5.32 Å². The molecule has 0 spiro atoms. The molecule has 0 aliphatic heterocycles. The average Bonchev–Trinajstić information content (AvgIpc) is 2.27. The molecule has 0 aromatic heterocycles. The second-order valence-corrected chi connectivity index (χ2v) is 4.10. The van der Waals surface area contributed by atoms with Crippen LogP contribution in [0.1, 0.15) is 20.3 Å². The van der Waals surface area contributed by atoms with Gasteiger partial charge in [-0.15, -0.1) is 0 Å². The van der Waals surface area contributed by atoms with Gasteiger partial charge in [0.15, 0.2) is 0 Å². The van der Waals surface area contributed by atoms with Crippen molar-refractivity contribution in [3.05, 3.63) is 30.3 Å². The SMILES string of the molecule is CC(C)CCN(O)C(=O)Nc1ccccc1. The smallest absolute Gasteiger partial charge is 0.306 e. The first-order valence-electron chi connectivity index (χ1n) is 5.42. The highest BCUT2D eigenvalue weighted by atomic mass is 16.5. The van der Waals surface area contributed by atoms with E-state index in [1.54, 1.807) is 12.1 Å². The van der Waals surface area contributed by atoms with E-state index in [1.807, 2.05) is 32.0 Å². The van der Waals surface area contributed by atoms with Crippen molar-refractivity contribution in [3.63, 3.8) is 0 Å². The lowest BCUT2D eigenvalue weighted by molar-refractivity contribution is -0.0399. The number of hydroxylamine groups is 2. The summed E-state index contributed by atoms with van der Waals surface area (Å²) in [7, 11) is 0. The van der Waals surface area contributed by atoms with Crippen molar-refractivity contribution in [1.29, 1.82) is 0 Å². The van der Waals surface area contributed by atoms with Crippen molar-refractivity contribution in [2.75, 3.05) is 11.9 Å². The van der Waals surface area contributed by atoms with Crippen LogP contribution in [0.15, 0.2) is 30.3 Å². The quantitative estimate of drug-likeness (QED) is 0.608. The van der Waals surface area contributed by atoms with E-state index in [1.165, 1.54) is 0 Å². The molecule has 0 unspecified atom stereocenters. The molecule has 0 aliphatic carbocycles. The Morgan fingerprint density at radius 1 is 1.38 bits per heavy atom. The first kappa shape index (κ1) is 12.5. The number of nitrogens with zero attached hydrogens (tertiary/aromatic N) is 1. The first-order chi connectivity index (χ1) is 7.59. The normalized spacial score (nSPS) is 10.2. The Balaban J connectivity index is 2.40. The molecule has 0 radical (unpaired) electrons. The molecule has 0 fully saturated rings. The van der Waals surface area contributed by atoms with E-state index in [0.717, 1.165) is 6.42 Å². The van der Waals surface area contributed by atoms with Gasteiger partial charge in [0.2, 0.25) is 0 Å². The molecule has 0 saturated heterocycles. The van der Waals surface area contributed by atoms with Crippen molar-refractivity contribution in [2.45, 2.75) is 20.3 Å². The molecule has 16 heavy (non-hydrogen) atoms. The summed E-state index contributed by atoms with van der Waals surface area (Å²) < 4.78 is 0. The molecule has 2 amide bonds. The van der Waals surface area contributed by atoms with Crippen LogP contribution in [-0.2, 0) is 0 Å². The van der Waals surface area contributed by atoms with Crippen LogP contribution in [0.3, 0.4) is 0 Å². The molecule has 0 bridgehead atoms. The van der Waals surface area contributed by atoms with Gasteiger partial charge in [-0.3, -0.25) is 5.21 Å². The minimum absolute atomic E-state index is 0.344. The summed E-state index contributed by atoms with van der Waals surface area (Å²) in [5, 5.41) is 12.8. The lowest BCUT2D eigenvalue weighted by Gasteiger charge is -2.16. The van der Waals surface area contributed by atoms with Gasteiger partial charge in [-0.25, -0.2) is 9.86 Å². The number of nitrogens with one attached hydrogen (secondary N) is 1. The fourth-order valence-electron chi connectivity index (χ4n) is 1.19. The minimum Gasteiger partial charge on any atom is -0.306 e. The third-order valence-electron chi connectivity index (χ3n) is 2.18. The fraction of sp³-hybridized carbons (Fsp3) is 0.417. The van der Waals surface area contributed by atoms with E-state index in [0.29, 0.717) is 23.2 Å². The van der Waals surface area contributed by atoms with Crippen molar-refractivity contribution in [3.8, 4) is 0 Å². The number of para-hydroxylation sites is 1. The van der Waals surface area contributed by atoms with E-state index in [4.69, 9.17) is 0 Å². The predicted molar refractivity (Wildman–Crippen MR) is 63.4 cm³/mol. The molecule has 1 aromatic carbocycles. The Labute approximate surface area is 95.8 Å². The zero-order valence-corrected chi connectivity index (χ0v) is 9.68. The van der Waals surface area contributed by atoms with Crippen LogP contribution in [0.5, 0.6) is 0 Å². The van der Waals surface area contributed by atoms with Gasteiger partial charge in [0.1, 0.15) is 0 Å². The molecule has 0 heterocycles. The van der Waals surface area contributed by atoms with Crippen molar-refractivity contribution < 1.29 is 10.0 Å². The summed E-state index contributed by atoms with van der Waals surface area (Å²) in [5.41, 5.74) is 0.677. The molecule has 4 nitrogen and oxygen atoms in total. The Bertz CT molecular complexity index is 325. The largest absolute Gasteiger partial charge is 0.345 e. The molecule has 88 valence electrons. The molecule has 2 N–H and O–H groups in total. The lowest BCUT2D eigenvalue weighted by atomic mass is 10.1. The maximum absolute atomic E-state index is 11.5. The number of urea groups is 1. The first-order valence-corrected chi connectivity index (χ1v) is 5.42. The Kier molecular flexibility index (Phi) is 4.79. The fourth-order valence-corrected chi connectivity index (χ4v) is 1.19. The minimum atomic E-state index is -0.494. The van der Waals surface area contributed by atoms with Crippen molar-refractivity contribution in [2.24, 2.45) is 5.92 Å².